The van der Waals surface area contributed by atoms with Gasteiger partial charge >= 0.3 is 5.97 Å². The Bertz CT molecular complexity index is 355. The molecular weight excluding hydrogens is 260 g/mol. The molecule has 0 spiro atoms. The molecule has 0 rings (SSSR count). The van der Waals surface area contributed by atoms with Crippen LogP contribution in [0, 0.1) is 0 Å². The van der Waals surface area contributed by atoms with E-state index in [1.54, 1.807) is 13.8 Å². The Hall–Kier alpha value is -0.700. The maximum atomic E-state index is 12.2. The van der Waals surface area contributed by atoms with Crippen LogP contribution in [0.25, 0.3) is 0 Å². The lowest BCUT2D eigenvalue weighted by Crippen LogP contribution is -2.47. The highest BCUT2D eigenvalue weighted by molar-refractivity contribution is 7.86. The van der Waals surface area contributed by atoms with E-state index in [4.69, 9.17) is 9.84 Å². The first-order chi connectivity index (χ1) is 8.23. The second kappa shape index (κ2) is 7.67. The highest BCUT2D eigenvalue weighted by atomic mass is 32.2. The van der Waals surface area contributed by atoms with Crippen LogP contribution < -0.4 is 0 Å². The molecule has 0 saturated carbocycles. The van der Waals surface area contributed by atoms with Crippen molar-refractivity contribution in [3.63, 3.8) is 0 Å². The molecule has 0 aliphatic carbocycles. The summed E-state index contributed by atoms with van der Waals surface area (Å²) in [6.07, 6.45) is -0.216. The van der Waals surface area contributed by atoms with Gasteiger partial charge in [-0.05, 0) is 13.8 Å². The van der Waals surface area contributed by atoms with Crippen molar-refractivity contribution in [3.05, 3.63) is 0 Å². The normalized spacial score (nSPS) is 12.6. The van der Waals surface area contributed by atoms with Crippen molar-refractivity contribution < 1.29 is 23.1 Å². The topological polar surface area (TPSA) is 87.2 Å². The quantitative estimate of drug-likeness (QED) is 0.643. The minimum atomic E-state index is -3.64. The molecule has 1 N–H and O–H groups in total. The van der Waals surface area contributed by atoms with Crippen molar-refractivity contribution in [2.24, 2.45) is 0 Å². The number of hydrogen-bond donors (Lipinski definition) is 1. The number of rotatable bonds is 9. The SMILES string of the molecule is COCCN(C(C)C)S(=O)(=O)N(C)CCC(=O)O. The third-order valence-electron chi connectivity index (χ3n) is 2.42. The van der Waals surface area contributed by atoms with Gasteiger partial charge in [-0.2, -0.15) is 17.0 Å². The lowest BCUT2D eigenvalue weighted by Gasteiger charge is -2.29. The molecule has 0 heterocycles. The molecule has 7 nitrogen and oxygen atoms in total. The van der Waals surface area contributed by atoms with Crippen LogP contribution in [0.4, 0.5) is 0 Å². The van der Waals surface area contributed by atoms with E-state index in [2.05, 4.69) is 0 Å². The number of aliphatic carboxylic acids is 1. The molecule has 108 valence electrons. The minimum absolute atomic E-state index is 0.0477. The van der Waals surface area contributed by atoms with Gasteiger partial charge in [0.25, 0.3) is 10.2 Å². The number of carboxylic acids is 1. The molecule has 18 heavy (non-hydrogen) atoms. The van der Waals surface area contributed by atoms with E-state index < -0.39 is 16.2 Å². The summed E-state index contributed by atoms with van der Waals surface area (Å²) in [4.78, 5) is 10.5. The molecule has 0 fully saturated rings. The molecule has 0 aliphatic heterocycles. The predicted octanol–water partition coefficient (Wildman–Crippen LogP) is -0.00550. The van der Waals surface area contributed by atoms with Gasteiger partial charge in [0.05, 0.1) is 13.0 Å². The van der Waals surface area contributed by atoms with E-state index in [-0.39, 0.29) is 25.6 Å². The van der Waals surface area contributed by atoms with Crippen LogP contribution in [0.3, 0.4) is 0 Å². The van der Waals surface area contributed by atoms with Crippen LogP contribution in [-0.4, -0.2) is 68.0 Å². The van der Waals surface area contributed by atoms with E-state index in [9.17, 15) is 13.2 Å². The maximum Gasteiger partial charge on any atom is 0.304 e. The number of hydrogen-bond acceptors (Lipinski definition) is 4. The number of ether oxygens (including phenoxy) is 1. The smallest absolute Gasteiger partial charge is 0.304 e. The Morgan fingerprint density at radius 3 is 2.28 bits per heavy atom. The molecule has 0 aromatic carbocycles. The van der Waals surface area contributed by atoms with Crippen LogP contribution in [0.2, 0.25) is 0 Å². The van der Waals surface area contributed by atoms with Crippen molar-refractivity contribution in [2.75, 3.05) is 33.9 Å². The van der Waals surface area contributed by atoms with E-state index in [1.807, 2.05) is 0 Å². The van der Waals surface area contributed by atoms with E-state index in [1.165, 1.54) is 18.5 Å². The predicted molar refractivity (Wildman–Crippen MR) is 67.5 cm³/mol. The zero-order valence-corrected chi connectivity index (χ0v) is 12.1. The molecule has 0 radical (unpaired) electrons. The van der Waals surface area contributed by atoms with Crippen molar-refractivity contribution in [1.29, 1.82) is 0 Å². The van der Waals surface area contributed by atoms with Gasteiger partial charge in [0.1, 0.15) is 0 Å². The Kier molecular flexibility index (Phi) is 7.37. The van der Waals surface area contributed by atoms with E-state index in [0.29, 0.717) is 6.61 Å². The second-order valence-corrected chi connectivity index (χ2v) is 6.16. The van der Waals surface area contributed by atoms with Gasteiger partial charge in [-0.1, -0.05) is 0 Å². The van der Waals surface area contributed by atoms with Crippen molar-refractivity contribution in [3.8, 4) is 0 Å². The highest BCUT2D eigenvalue weighted by Crippen LogP contribution is 2.11. The Labute approximate surface area is 109 Å². The molecule has 0 amide bonds. The fraction of sp³-hybridized carbons (Fsp3) is 0.900. The third-order valence-corrected chi connectivity index (χ3v) is 4.59. The van der Waals surface area contributed by atoms with Gasteiger partial charge < -0.3 is 9.84 Å². The molecular formula is C10H22N2O5S. The minimum Gasteiger partial charge on any atom is -0.481 e. The summed E-state index contributed by atoms with van der Waals surface area (Å²) in [6, 6.07) is -0.211. The fourth-order valence-electron chi connectivity index (χ4n) is 1.37. The first-order valence-electron chi connectivity index (χ1n) is 5.67. The maximum absolute atomic E-state index is 12.2. The second-order valence-electron chi connectivity index (χ2n) is 4.17. The van der Waals surface area contributed by atoms with Gasteiger partial charge in [-0.25, -0.2) is 0 Å². The number of nitrogens with zero attached hydrogens (tertiary/aromatic N) is 2. The number of methoxy groups -OCH3 is 1. The Balaban J connectivity index is 4.77. The average molecular weight is 282 g/mol. The summed E-state index contributed by atoms with van der Waals surface area (Å²) in [5.41, 5.74) is 0. The molecule has 0 bridgehead atoms. The van der Waals surface area contributed by atoms with Crippen LogP contribution in [0.1, 0.15) is 20.3 Å². The zero-order valence-electron chi connectivity index (χ0n) is 11.3. The van der Waals surface area contributed by atoms with Gasteiger partial charge in [-0.15, -0.1) is 0 Å². The average Bonchev–Trinajstić information content (AvgIpc) is 2.25. The van der Waals surface area contributed by atoms with Crippen molar-refractivity contribution in [2.45, 2.75) is 26.3 Å². The lowest BCUT2D eigenvalue weighted by molar-refractivity contribution is -0.137. The fourth-order valence-corrected chi connectivity index (χ4v) is 2.89. The van der Waals surface area contributed by atoms with Crippen molar-refractivity contribution >= 4 is 16.2 Å². The molecule has 0 saturated heterocycles. The summed E-state index contributed by atoms with van der Waals surface area (Å²) in [5.74, 6) is -1.02. The van der Waals surface area contributed by atoms with Gasteiger partial charge in [0.2, 0.25) is 0 Å². The number of carbonyl (C=O) groups is 1. The first-order valence-corrected chi connectivity index (χ1v) is 7.07. The Morgan fingerprint density at radius 2 is 1.89 bits per heavy atom. The van der Waals surface area contributed by atoms with E-state index in [0.717, 1.165) is 4.31 Å². The largest absolute Gasteiger partial charge is 0.481 e. The van der Waals surface area contributed by atoms with Crippen molar-refractivity contribution in [1.82, 2.24) is 8.61 Å². The third kappa shape index (κ3) is 5.30. The highest BCUT2D eigenvalue weighted by Gasteiger charge is 2.28. The van der Waals surface area contributed by atoms with Crippen LogP contribution in [-0.2, 0) is 19.7 Å². The molecule has 8 heteroatoms. The number of carboxylic acid groups (broad SMARTS) is 1. The summed E-state index contributed by atoms with van der Waals surface area (Å²) >= 11 is 0. The molecule has 0 aromatic heterocycles. The molecule has 0 atom stereocenters. The zero-order chi connectivity index (χ0) is 14.3. The lowest BCUT2D eigenvalue weighted by atomic mass is 10.4. The summed E-state index contributed by atoms with van der Waals surface area (Å²) in [5, 5.41) is 8.56. The standard InChI is InChI=1S/C10H22N2O5S/c1-9(2)12(7-8-17-4)18(15,16)11(3)6-5-10(13)14/h9H,5-8H2,1-4H3,(H,13,14). The molecule has 0 unspecified atom stereocenters. The van der Waals surface area contributed by atoms with Gasteiger partial charge in [0.15, 0.2) is 0 Å². The van der Waals surface area contributed by atoms with Gasteiger partial charge in [0, 0.05) is 33.3 Å². The Morgan fingerprint density at radius 1 is 1.33 bits per heavy atom. The summed E-state index contributed by atoms with van der Waals surface area (Å²) in [7, 11) is -0.770. The molecule has 0 aliphatic rings. The van der Waals surface area contributed by atoms with Crippen LogP contribution in [0.15, 0.2) is 0 Å². The van der Waals surface area contributed by atoms with Crippen LogP contribution in [0.5, 0.6) is 0 Å². The monoisotopic (exact) mass is 282 g/mol. The van der Waals surface area contributed by atoms with E-state index >= 15 is 0 Å². The molecule has 0 aromatic rings. The van der Waals surface area contributed by atoms with Gasteiger partial charge in [-0.3, -0.25) is 4.79 Å². The van der Waals surface area contributed by atoms with Crippen LogP contribution >= 0.6 is 0 Å². The summed E-state index contributed by atoms with van der Waals surface area (Å²) < 4.78 is 31.6. The first kappa shape index (κ1) is 17.3. The summed E-state index contributed by atoms with van der Waals surface area (Å²) in [6.45, 7) is 4.02.